The van der Waals surface area contributed by atoms with Gasteiger partial charge in [-0.3, -0.25) is 4.79 Å². The van der Waals surface area contributed by atoms with Crippen LogP contribution in [-0.2, 0) is 11.3 Å². The van der Waals surface area contributed by atoms with E-state index in [1.54, 1.807) is 11.3 Å². The molecule has 1 aliphatic rings. The number of hydrogen-bond acceptors (Lipinski definition) is 6. The van der Waals surface area contributed by atoms with Crippen LogP contribution in [0.4, 0.5) is 0 Å². The highest BCUT2D eigenvalue weighted by Gasteiger charge is 2.32. The molecule has 28 heavy (non-hydrogen) atoms. The molecule has 7 nitrogen and oxygen atoms in total. The summed E-state index contributed by atoms with van der Waals surface area (Å²) in [6.45, 7) is 0.820. The number of para-hydroxylation sites is 1. The van der Waals surface area contributed by atoms with Crippen LogP contribution in [0.1, 0.15) is 23.9 Å². The van der Waals surface area contributed by atoms with E-state index >= 15 is 0 Å². The summed E-state index contributed by atoms with van der Waals surface area (Å²) in [5.41, 5.74) is 1.88. The van der Waals surface area contributed by atoms with Gasteiger partial charge in [0.15, 0.2) is 0 Å². The van der Waals surface area contributed by atoms with Gasteiger partial charge in [0.05, 0.1) is 16.3 Å². The van der Waals surface area contributed by atoms with Gasteiger partial charge in [-0.1, -0.05) is 42.5 Å². The van der Waals surface area contributed by atoms with E-state index < -0.39 is 0 Å². The zero-order valence-electron chi connectivity index (χ0n) is 15.1. The maximum atomic E-state index is 12.9. The molecule has 1 fully saturated rings. The second-order valence-electron chi connectivity index (χ2n) is 6.77. The van der Waals surface area contributed by atoms with Gasteiger partial charge < -0.3 is 4.90 Å². The Morgan fingerprint density at radius 2 is 1.93 bits per heavy atom. The fourth-order valence-corrected chi connectivity index (χ4v) is 4.69. The number of aromatic nitrogens is 5. The topological polar surface area (TPSA) is 76.8 Å². The minimum atomic E-state index is -0.00114. The summed E-state index contributed by atoms with van der Waals surface area (Å²) in [5.74, 6) is 0.524. The Balaban J connectivity index is 1.34. The number of rotatable bonds is 4. The fraction of sp³-hybridized carbons (Fsp3) is 0.250. The first-order chi connectivity index (χ1) is 13.8. The fourth-order valence-electron chi connectivity index (χ4n) is 3.58. The van der Waals surface area contributed by atoms with Crippen molar-refractivity contribution in [3.8, 4) is 11.4 Å². The second-order valence-corrected chi connectivity index (χ2v) is 7.84. The Labute approximate surface area is 165 Å². The van der Waals surface area contributed by atoms with Crippen molar-refractivity contribution in [2.75, 3.05) is 6.54 Å². The molecule has 1 amide bonds. The summed E-state index contributed by atoms with van der Waals surface area (Å²) in [5, 5.41) is 13.5. The lowest BCUT2D eigenvalue weighted by Gasteiger charge is -2.22. The Morgan fingerprint density at radius 1 is 1.11 bits per heavy atom. The molecule has 3 heterocycles. The van der Waals surface area contributed by atoms with Crippen LogP contribution >= 0.6 is 11.3 Å². The largest absolute Gasteiger partial charge is 0.332 e. The van der Waals surface area contributed by atoms with Crippen LogP contribution in [0.3, 0.4) is 0 Å². The van der Waals surface area contributed by atoms with Crippen molar-refractivity contribution in [3.05, 3.63) is 59.6 Å². The lowest BCUT2D eigenvalue weighted by atomic mass is 10.2. The highest BCUT2D eigenvalue weighted by Crippen LogP contribution is 2.36. The van der Waals surface area contributed by atoms with Crippen molar-refractivity contribution in [2.45, 2.75) is 25.4 Å². The maximum Gasteiger partial charge on any atom is 0.246 e. The van der Waals surface area contributed by atoms with Gasteiger partial charge in [0.2, 0.25) is 11.7 Å². The summed E-state index contributed by atoms with van der Waals surface area (Å²) in [6.07, 6.45) is 1.91. The Bertz CT molecular complexity index is 1090. The molecule has 0 spiro atoms. The van der Waals surface area contributed by atoms with Crippen LogP contribution in [0.15, 0.2) is 54.6 Å². The zero-order chi connectivity index (χ0) is 18.9. The monoisotopic (exact) mass is 390 g/mol. The molecule has 140 valence electrons. The van der Waals surface area contributed by atoms with E-state index in [4.69, 9.17) is 4.98 Å². The number of amides is 1. The van der Waals surface area contributed by atoms with Crippen molar-refractivity contribution in [3.63, 3.8) is 0 Å². The minimum absolute atomic E-state index is 0.00114. The molecule has 8 heteroatoms. The average Bonchev–Trinajstić information content (AvgIpc) is 3.47. The summed E-state index contributed by atoms with van der Waals surface area (Å²) >= 11 is 1.67. The predicted molar refractivity (Wildman–Crippen MR) is 107 cm³/mol. The van der Waals surface area contributed by atoms with Gasteiger partial charge in [-0.15, -0.1) is 21.5 Å². The van der Waals surface area contributed by atoms with Crippen LogP contribution in [0.25, 0.3) is 21.6 Å². The predicted octanol–water partition coefficient (Wildman–Crippen LogP) is 3.31. The van der Waals surface area contributed by atoms with Crippen molar-refractivity contribution >= 4 is 27.5 Å². The Morgan fingerprint density at radius 3 is 2.79 bits per heavy atom. The molecule has 0 N–H and O–H groups in total. The number of likely N-dealkylation sites (tertiary alicyclic amines) is 1. The molecule has 1 aliphatic heterocycles. The highest BCUT2D eigenvalue weighted by molar-refractivity contribution is 7.18. The highest BCUT2D eigenvalue weighted by atomic mass is 32.1. The van der Waals surface area contributed by atoms with E-state index in [0.717, 1.165) is 40.2 Å². The number of tetrazole rings is 1. The number of carbonyl (C=O) groups is 1. The number of hydrogen-bond donors (Lipinski definition) is 0. The lowest BCUT2D eigenvalue weighted by molar-refractivity contribution is -0.133. The van der Waals surface area contributed by atoms with Crippen molar-refractivity contribution in [1.29, 1.82) is 0 Å². The quantitative estimate of drug-likeness (QED) is 0.534. The van der Waals surface area contributed by atoms with E-state index in [2.05, 4.69) is 21.5 Å². The molecule has 0 bridgehead atoms. The second kappa shape index (κ2) is 7.12. The van der Waals surface area contributed by atoms with Gasteiger partial charge >= 0.3 is 0 Å². The van der Waals surface area contributed by atoms with E-state index in [1.165, 1.54) is 4.80 Å². The van der Waals surface area contributed by atoms with E-state index in [-0.39, 0.29) is 18.5 Å². The van der Waals surface area contributed by atoms with Crippen LogP contribution in [-0.4, -0.2) is 42.5 Å². The van der Waals surface area contributed by atoms with Gasteiger partial charge in [-0.05, 0) is 30.2 Å². The molecular formula is C20H18N6OS. The van der Waals surface area contributed by atoms with Gasteiger partial charge in [0.25, 0.3) is 0 Å². The first kappa shape index (κ1) is 17.0. The molecule has 0 aliphatic carbocycles. The van der Waals surface area contributed by atoms with Crippen molar-refractivity contribution in [2.24, 2.45) is 0 Å². The van der Waals surface area contributed by atoms with Gasteiger partial charge in [-0.25, -0.2) is 4.98 Å². The molecule has 5 rings (SSSR count). The maximum absolute atomic E-state index is 12.9. The minimum Gasteiger partial charge on any atom is -0.332 e. The van der Waals surface area contributed by atoms with Gasteiger partial charge in [0.1, 0.15) is 11.6 Å². The van der Waals surface area contributed by atoms with Crippen molar-refractivity contribution in [1.82, 2.24) is 30.1 Å². The van der Waals surface area contributed by atoms with E-state index in [9.17, 15) is 4.79 Å². The number of carbonyl (C=O) groups excluding carboxylic acids is 1. The molecule has 1 saturated heterocycles. The normalized spacial score (nSPS) is 16.7. The molecule has 1 atom stereocenters. The molecule has 0 radical (unpaired) electrons. The first-order valence-electron chi connectivity index (χ1n) is 9.26. The third-order valence-corrected chi connectivity index (χ3v) is 6.07. The molecule has 4 aromatic rings. The van der Waals surface area contributed by atoms with Gasteiger partial charge in [-0.2, -0.15) is 4.80 Å². The number of fused-ring (bicyclic) bond motifs is 1. The summed E-state index contributed by atoms with van der Waals surface area (Å²) < 4.78 is 1.15. The third-order valence-electron chi connectivity index (χ3n) is 4.93. The summed E-state index contributed by atoms with van der Waals surface area (Å²) in [4.78, 5) is 21.0. The van der Waals surface area contributed by atoms with Gasteiger partial charge in [0, 0.05) is 12.1 Å². The smallest absolute Gasteiger partial charge is 0.246 e. The molecule has 1 unspecified atom stereocenters. The summed E-state index contributed by atoms with van der Waals surface area (Å²) in [7, 11) is 0. The van der Waals surface area contributed by atoms with Crippen LogP contribution in [0.5, 0.6) is 0 Å². The Kier molecular flexibility index (Phi) is 4.32. The molecule has 2 aromatic carbocycles. The van der Waals surface area contributed by atoms with Crippen LogP contribution in [0, 0.1) is 0 Å². The van der Waals surface area contributed by atoms with Crippen molar-refractivity contribution < 1.29 is 4.79 Å². The van der Waals surface area contributed by atoms with E-state index in [1.807, 2.05) is 53.4 Å². The summed E-state index contributed by atoms with van der Waals surface area (Å²) in [6, 6.07) is 17.8. The standard InChI is InChI=1S/C20H18N6OS/c27-18(13-26-23-19(22-24-26)14-7-2-1-3-8-14)25-12-6-10-16(25)20-21-15-9-4-5-11-17(15)28-20/h1-5,7-9,11,16H,6,10,12-13H2. The SMILES string of the molecule is O=C(Cn1nnc(-c2ccccc2)n1)N1CCCC1c1nc2ccccc2s1. The number of thiazole rings is 1. The third kappa shape index (κ3) is 3.16. The average molecular weight is 390 g/mol. The molecule has 2 aromatic heterocycles. The molecule has 0 saturated carbocycles. The number of benzene rings is 2. The van der Waals surface area contributed by atoms with Crippen LogP contribution < -0.4 is 0 Å². The van der Waals surface area contributed by atoms with Crippen LogP contribution in [0.2, 0.25) is 0 Å². The lowest BCUT2D eigenvalue weighted by Crippen LogP contribution is -2.34. The first-order valence-corrected chi connectivity index (χ1v) is 10.1. The number of nitrogens with zero attached hydrogens (tertiary/aromatic N) is 6. The zero-order valence-corrected chi connectivity index (χ0v) is 15.9. The van der Waals surface area contributed by atoms with E-state index in [0.29, 0.717) is 5.82 Å². The Hall–Kier alpha value is -3.13. The molecular weight excluding hydrogens is 372 g/mol.